The summed E-state index contributed by atoms with van der Waals surface area (Å²) in [6, 6.07) is 8.55. The number of carbonyl (C=O) groups is 5. The Morgan fingerprint density at radius 3 is 2.26 bits per heavy atom. The molecule has 1 fully saturated rings. The summed E-state index contributed by atoms with van der Waals surface area (Å²) >= 11 is 0. The molecule has 0 radical (unpaired) electrons. The zero-order valence-electron chi connectivity index (χ0n) is 21.2. The minimum Gasteiger partial charge on any atom is -0.481 e. The summed E-state index contributed by atoms with van der Waals surface area (Å²) in [5, 5.41) is 20.7. The lowest BCUT2D eigenvalue weighted by Gasteiger charge is -2.35. The SMILES string of the molecule is CCOC(=O)N1CCN(C(=O)C(CCC(=O)O)NC(=O)c2cc(OCC(=O)O)nc(-c3ccccc3)n2)CC1. The first-order valence-corrected chi connectivity index (χ1v) is 12.2. The molecule has 0 bridgehead atoms. The zero-order valence-corrected chi connectivity index (χ0v) is 21.2. The van der Waals surface area contributed by atoms with E-state index >= 15 is 0 Å². The van der Waals surface area contributed by atoms with Crippen LogP contribution < -0.4 is 10.1 Å². The summed E-state index contributed by atoms with van der Waals surface area (Å²) in [6.45, 7) is 2.01. The Morgan fingerprint density at radius 1 is 0.974 bits per heavy atom. The monoisotopic (exact) mass is 543 g/mol. The van der Waals surface area contributed by atoms with Crippen LogP contribution in [0.4, 0.5) is 4.79 Å². The maximum Gasteiger partial charge on any atom is 0.409 e. The number of hydrogen-bond donors (Lipinski definition) is 3. The highest BCUT2D eigenvalue weighted by Gasteiger charge is 2.31. The Balaban J connectivity index is 1.80. The topological polar surface area (TPSA) is 189 Å². The van der Waals surface area contributed by atoms with Gasteiger partial charge in [0, 0.05) is 44.2 Å². The molecule has 39 heavy (non-hydrogen) atoms. The molecular weight excluding hydrogens is 514 g/mol. The molecule has 3 N–H and O–H groups in total. The number of benzene rings is 1. The maximum atomic E-state index is 13.3. The number of amides is 3. The van der Waals surface area contributed by atoms with Gasteiger partial charge in [-0.15, -0.1) is 0 Å². The van der Waals surface area contributed by atoms with Crippen molar-refractivity contribution in [3.05, 3.63) is 42.1 Å². The van der Waals surface area contributed by atoms with E-state index < -0.39 is 42.5 Å². The first-order valence-electron chi connectivity index (χ1n) is 12.2. The van der Waals surface area contributed by atoms with Crippen molar-refractivity contribution in [2.45, 2.75) is 25.8 Å². The van der Waals surface area contributed by atoms with Gasteiger partial charge >= 0.3 is 18.0 Å². The molecule has 3 amide bonds. The highest BCUT2D eigenvalue weighted by Crippen LogP contribution is 2.20. The molecule has 1 aliphatic rings. The fourth-order valence-electron chi connectivity index (χ4n) is 3.77. The van der Waals surface area contributed by atoms with Crippen molar-refractivity contribution in [3.8, 4) is 17.3 Å². The molecule has 1 unspecified atom stereocenters. The lowest BCUT2D eigenvalue weighted by molar-refractivity contribution is -0.140. The van der Waals surface area contributed by atoms with Crippen LogP contribution in [0.2, 0.25) is 0 Å². The third-order valence-electron chi connectivity index (χ3n) is 5.68. The van der Waals surface area contributed by atoms with Gasteiger partial charge < -0.3 is 34.8 Å². The van der Waals surface area contributed by atoms with Crippen molar-refractivity contribution >= 4 is 29.8 Å². The Morgan fingerprint density at radius 2 is 1.64 bits per heavy atom. The first kappa shape index (κ1) is 28.8. The van der Waals surface area contributed by atoms with Crippen molar-refractivity contribution in [1.29, 1.82) is 0 Å². The minimum atomic E-state index is -1.25. The van der Waals surface area contributed by atoms with Crippen LogP contribution in [0.1, 0.15) is 30.3 Å². The number of nitrogens with one attached hydrogen (secondary N) is 1. The van der Waals surface area contributed by atoms with Gasteiger partial charge in [-0.2, -0.15) is 4.98 Å². The van der Waals surface area contributed by atoms with E-state index in [1.807, 2.05) is 0 Å². The fraction of sp³-hybridized carbons (Fsp3) is 0.400. The largest absolute Gasteiger partial charge is 0.481 e. The van der Waals surface area contributed by atoms with E-state index in [-0.39, 0.29) is 63.0 Å². The number of rotatable bonds is 11. The second kappa shape index (κ2) is 13.7. The van der Waals surface area contributed by atoms with Gasteiger partial charge in [-0.3, -0.25) is 14.4 Å². The molecule has 1 aliphatic heterocycles. The number of hydrogen-bond acceptors (Lipinski definition) is 9. The van der Waals surface area contributed by atoms with E-state index in [1.54, 1.807) is 37.3 Å². The molecule has 1 aromatic carbocycles. The van der Waals surface area contributed by atoms with Gasteiger partial charge in [0.25, 0.3) is 5.91 Å². The van der Waals surface area contributed by atoms with Gasteiger partial charge in [-0.1, -0.05) is 30.3 Å². The zero-order chi connectivity index (χ0) is 28.4. The Hall–Kier alpha value is -4.75. The average Bonchev–Trinajstić information content (AvgIpc) is 2.94. The molecular formula is C25H29N5O9. The predicted molar refractivity (Wildman–Crippen MR) is 134 cm³/mol. The van der Waals surface area contributed by atoms with Crippen LogP contribution in [0.3, 0.4) is 0 Å². The summed E-state index contributed by atoms with van der Waals surface area (Å²) in [4.78, 5) is 72.0. The molecule has 14 heteroatoms. The number of aliphatic carboxylic acids is 2. The van der Waals surface area contributed by atoms with Crippen molar-refractivity contribution in [2.24, 2.45) is 0 Å². The normalized spacial score (nSPS) is 13.8. The molecule has 1 aromatic heterocycles. The lowest BCUT2D eigenvalue weighted by atomic mass is 10.1. The Labute approximate surface area is 223 Å². The van der Waals surface area contributed by atoms with E-state index in [2.05, 4.69) is 15.3 Å². The summed E-state index contributed by atoms with van der Waals surface area (Å²) in [5.41, 5.74) is 0.329. The Bertz CT molecular complexity index is 1200. The molecule has 1 saturated heterocycles. The van der Waals surface area contributed by atoms with Gasteiger partial charge in [-0.25, -0.2) is 14.6 Å². The van der Waals surface area contributed by atoms with E-state index in [4.69, 9.17) is 14.6 Å². The summed E-state index contributed by atoms with van der Waals surface area (Å²) in [7, 11) is 0. The van der Waals surface area contributed by atoms with Crippen LogP contribution in [-0.4, -0.2) is 105 Å². The molecule has 0 saturated carbocycles. The van der Waals surface area contributed by atoms with Crippen molar-refractivity contribution in [1.82, 2.24) is 25.1 Å². The fourth-order valence-corrected chi connectivity index (χ4v) is 3.77. The number of aromatic nitrogens is 2. The smallest absolute Gasteiger partial charge is 0.409 e. The van der Waals surface area contributed by atoms with Crippen LogP contribution in [0.25, 0.3) is 11.4 Å². The molecule has 208 valence electrons. The number of nitrogens with zero attached hydrogens (tertiary/aromatic N) is 4. The van der Waals surface area contributed by atoms with Gasteiger partial charge in [0.15, 0.2) is 12.4 Å². The van der Waals surface area contributed by atoms with Crippen LogP contribution in [0.5, 0.6) is 5.88 Å². The standard InChI is InChI=1S/C25H29N5O9/c1-2-38-25(37)30-12-10-29(11-13-30)24(36)17(8-9-20(31)32)27-23(35)18-14-19(39-15-21(33)34)28-22(26-18)16-6-4-3-5-7-16/h3-7,14,17H,2,8-13,15H2,1H3,(H,27,35)(H,31,32)(H,33,34). The van der Waals surface area contributed by atoms with Gasteiger partial charge in [0.2, 0.25) is 11.8 Å². The Kier molecular flexibility index (Phi) is 10.1. The molecule has 14 nitrogen and oxygen atoms in total. The number of carboxylic acids is 2. The van der Waals surface area contributed by atoms with E-state index in [0.29, 0.717) is 5.56 Å². The predicted octanol–water partition coefficient (Wildman–Crippen LogP) is 0.871. The summed E-state index contributed by atoms with van der Waals surface area (Å²) in [5.74, 6) is -3.78. The van der Waals surface area contributed by atoms with E-state index in [0.717, 1.165) is 6.07 Å². The van der Waals surface area contributed by atoms with Crippen molar-refractivity contribution in [3.63, 3.8) is 0 Å². The van der Waals surface area contributed by atoms with Crippen LogP contribution in [-0.2, 0) is 19.1 Å². The van der Waals surface area contributed by atoms with Crippen LogP contribution >= 0.6 is 0 Å². The molecule has 2 aromatic rings. The third kappa shape index (κ3) is 8.38. The quantitative estimate of drug-likeness (QED) is 0.365. The van der Waals surface area contributed by atoms with E-state index in [1.165, 1.54) is 9.80 Å². The second-order valence-electron chi connectivity index (χ2n) is 8.43. The number of ether oxygens (including phenoxy) is 2. The summed E-state index contributed by atoms with van der Waals surface area (Å²) in [6.07, 6.45) is -1.05. The molecule has 0 spiro atoms. The van der Waals surface area contributed by atoms with Crippen LogP contribution in [0, 0.1) is 0 Å². The highest BCUT2D eigenvalue weighted by atomic mass is 16.6. The maximum absolute atomic E-state index is 13.3. The number of carboxylic acid groups (broad SMARTS) is 2. The molecule has 3 rings (SSSR count). The summed E-state index contributed by atoms with van der Waals surface area (Å²) < 4.78 is 10.1. The number of carbonyl (C=O) groups excluding carboxylic acids is 3. The third-order valence-corrected chi connectivity index (χ3v) is 5.68. The first-order chi connectivity index (χ1) is 18.7. The molecule has 1 atom stereocenters. The van der Waals surface area contributed by atoms with Crippen LogP contribution in [0.15, 0.2) is 36.4 Å². The molecule has 0 aliphatic carbocycles. The average molecular weight is 544 g/mol. The van der Waals surface area contributed by atoms with Gasteiger partial charge in [0.05, 0.1) is 6.61 Å². The second-order valence-corrected chi connectivity index (χ2v) is 8.43. The highest BCUT2D eigenvalue weighted by molar-refractivity contribution is 5.96. The minimum absolute atomic E-state index is 0.0899. The number of piperazine rings is 1. The van der Waals surface area contributed by atoms with Gasteiger partial charge in [-0.05, 0) is 13.3 Å². The van der Waals surface area contributed by atoms with Crippen molar-refractivity contribution in [2.75, 3.05) is 39.4 Å². The van der Waals surface area contributed by atoms with Gasteiger partial charge in [0.1, 0.15) is 11.7 Å². The van der Waals surface area contributed by atoms with Crippen molar-refractivity contribution < 1.29 is 43.7 Å². The van der Waals surface area contributed by atoms with E-state index in [9.17, 15) is 29.1 Å². The lowest BCUT2D eigenvalue weighted by Crippen LogP contribution is -2.56. The molecule has 2 heterocycles.